The van der Waals surface area contributed by atoms with Crippen LogP contribution in [0, 0.1) is 12.3 Å². The molecule has 0 N–H and O–H groups in total. The van der Waals surface area contributed by atoms with E-state index in [0.29, 0.717) is 0 Å². The van der Waals surface area contributed by atoms with E-state index in [4.69, 9.17) is 25.4 Å². The third kappa shape index (κ3) is 2.74. The molecule has 0 aromatic heterocycles. The van der Waals surface area contributed by atoms with Gasteiger partial charge in [-0.05, 0) is 13.8 Å². The van der Waals surface area contributed by atoms with E-state index in [2.05, 4.69) is 5.92 Å². The minimum Gasteiger partial charge on any atom is -0.376 e. The lowest BCUT2D eigenvalue weighted by Crippen LogP contribution is -2.58. The van der Waals surface area contributed by atoms with E-state index in [0.717, 1.165) is 0 Å². The van der Waals surface area contributed by atoms with E-state index >= 15 is 0 Å². The van der Waals surface area contributed by atoms with Crippen LogP contribution in [0.5, 0.6) is 0 Å². The van der Waals surface area contributed by atoms with E-state index in [-0.39, 0.29) is 37.1 Å². The molecule has 92 valence electrons. The van der Waals surface area contributed by atoms with Gasteiger partial charge < -0.3 is 18.9 Å². The summed E-state index contributed by atoms with van der Waals surface area (Å²) in [7, 11) is 3.28. The maximum absolute atomic E-state index is 5.72. The Bertz CT molecular complexity index is 232. The summed E-state index contributed by atoms with van der Waals surface area (Å²) in [5.41, 5.74) is 0. The molecule has 0 spiro atoms. The highest BCUT2D eigenvalue weighted by molar-refractivity contribution is 4.94. The zero-order chi connectivity index (χ0) is 12.1. The Kier molecular flexibility index (Phi) is 5.23. The molecule has 1 fully saturated rings. The molecule has 0 bridgehead atoms. The highest BCUT2D eigenvalue weighted by atomic mass is 16.6. The van der Waals surface area contributed by atoms with Crippen molar-refractivity contribution >= 4 is 0 Å². The summed E-state index contributed by atoms with van der Waals surface area (Å²) >= 11 is 0. The van der Waals surface area contributed by atoms with Crippen molar-refractivity contribution in [2.75, 3.05) is 20.8 Å². The van der Waals surface area contributed by atoms with Crippen molar-refractivity contribution < 1.29 is 18.9 Å². The Balaban J connectivity index is 2.77. The van der Waals surface area contributed by atoms with Crippen LogP contribution in [0.2, 0.25) is 0 Å². The van der Waals surface area contributed by atoms with Crippen molar-refractivity contribution in [1.29, 1.82) is 0 Å². The van der Waals surface area contributed by atoms with Crippen LogP contribution in [-0.2, 0) is 18.9 Å². The number of hydrogen-bond donors (Lipinski definition) is 0. The molecule has 4 nitrogen and oxygen atoms in total. The van der Waals surface area contributed by atoms with Crippen molar-refractivity contribution in [3.05, 3.63) is 0 Å². The Morgan fingerprint density at radius 2 is 1.56 bits per heavy atom. The van der Waals surface area contributed by atoms with E-state index in [1.165, 1.54) is 0 Å². The average Bonchev–Trinajstić information content (AvgIpc) is 2.26. The first-order valence-electron chi connectivity index (χ1n) is 5.41. The zero-order valence-corrected chi connectivity index (χ0v) is 10.3. The van der Waals surface area contributed by atoms with Gasteiger partial charge in [0.1, 0.15) is 24.9 Å². The summed E-state index contributed by atoms with van der Waals surface area (Å²) in [6, 6.07) is 0. The van der Waals surface area contributed by atoms with Gasteiger partial charge in [0.25, 0.3) is 0 Å². The summed E-state index contributed by atoms with van der Waals surface area (Å²) in [5, 5.41) is 0. The number of rotatable bonds is 4. The van der Waals surface area contributed by atoms with Gasteiger partial charge in [0, 0.05) is 14.2 Å². The lowest BCUT2D eigenvalue weighted by molar-refractivity contribution is -0.236. The molecule has 1 rings (SSSR count). The number of hydrogen-bond acceptors (Lipinski definition) is 4. The maximum atomic E-state index is 5.72. The average molecular weight is 228 g/mol. The molecule has 1 aliphatic heterocycles. The first kappa shape index (κ1) is 13.5. The van der Waals surface area contributed by atoms with Gasteiger partial charge in [0.05, 0.1) is 12.2 Å². The van der Waals surface area contributed by atoms with Crippen molar-refractivity contribution in [3.8, 4) is 12.3 Å². The Morgan fingerprint density at radius 1 is 1.06 bits per heavy atom. The Morgan fingerprint density at radius 3 is 1.94 bits per heavy atom. The lowest BCUT2D eigenvalue weighted by Gasteiger charge is -2.43. The molecule has 5 atom stereocenters. The summed E-state index contributed by atoms with van der Waals surface area (Å²) in [5.74, 6) is 2.46. The topological polar surface area (TPSA) is 36.9 Å². The van der Waals surface area contributed by atoms with Gasteiger partial charge in [-0.15, -0.1) is 6.42 Å². The second-order valence-electron chi connectivity index (χ2n) is 3.93. The highest BCUT2D eigenvalue weighted by Gasteiger charge is 2.43. The normalized spacial score (nSPS) is 39.3. The van der Waals surface area contributed by atoms with Crippen LogP contribution >= 0.6 is 0 Å². The smallest absolute Gasteiger partial charge is 0.116 e. The molecule has 1 saturated heterocycles. The second kappa shape index (κ2) is 6.21. The molecule has 0 amide bonds. The van der Waals surface area contributed by atoms with Crippen LogP contribution in [0.25, 0.3) is 0 Å². The molecular formula is C12H20O4. The summed E-state index contributed by atoms with van der Waals surface area (Å²) < 4.78 is 22.1. The van der Waals surface area contributed by atoms with Crippen molar-refractivity contribution in [2.45, 2.75) is 44.4 Å². The molecule has 0 aliphatic carbocycles. The second-order valence-corrected chi connectivity index (χ2v) is 3.93. The fraction of sp³-hybridized carbons (Fsp3) is 0.833. The van der Waals surface area contributed by atoms with E-state index in [1.807, 2.05) is 13.8 Å². The van der Waals surface area contributed by atoms with Crippen LogP contribution in [0.15, 0.2) is 0 Å². The fourth-order valence-electron chi connectivity index (χ4n) is 2.20. The van der Waals surface area contributed by atoms with Crippen LogP contribution in [0.1, 0.15) is 13.8 Å². The predicted octanol–water partition coefficient (Wildman–Crippen LogP) is 0.842. The van der Waals surface area contributed by atoms with Gasteiger partial charge in [-0.3, -0.25) is 0 Å². The molecule has 16 heavy (non-hydrogen) atoms. The largest absolute Gasteiger partial charge is 0.376 e. The SMILES string of the molecule is C#CCOC1C(OC)[C@H](C)OC(C)[C@@H]1OC. The molecule has 0 aromatic carbocycles. The van der Waals surface area contributed by atoms with Crippen molar-refractivity contribution in [2.24, 2.45) is 0 Å². The molecule has 0 aromatic rings. The quantitative estimate of drug-likeness (QED) is 0.668. The molecule has 3 unspecified atom stereocenters. The Hall–Kier alpha value is -0.600. The maximum Gasteiger partial charge on any atom is 0.116 e. The van der Waals surface area contributed by atoms with Crippen LogP contribution in [0.3, 0.4) is 0 Å². The standard InChI is InChI=1S/C12H20O4/c1-6-7-15-12-10(13-4)8(2)16-9(3)11(12)14-5/h1,8-12H,7H2,2-5H3/t8-,9?,10?,11-,12?/m0/s1. The monoisotopic (exact) mass is 228 g/mol. The molecule has 0 saturated carbocycles. The molecular weight excluding hydrogens is 208 g/mol. The fourth-order valence-corrected chi connectivity index (χ4v) is 2.20. The molecule has 4 heteroatoms. The summed E-state index contributed by atoms with van der Waals surface area (Å²) in [6.45, 7) is 4.18. The number of terminal acetylenes is 1. The van der Waals surface area contributed by atoms with Gasteiger partial charge in [-0.25, -0.2) is 0 Å². The van der Waals surface area contributed by atoms with Gasteiger partial charge >= 0.3 is 0 Å². The first-order valence-corrected chi connectivity index (χ1v) is 5.41. The third-order valence-corrected chi connectivity index (χ3v) is 2.91. The van der Waals surface area contributed by atoms with Crippen molar-refractivity contribution in [3.63, 3.8) is 0 Å². The minimum absolute atomic E-state index is 0.0332. The van der Waals surface area contributed by atoms with Crippen LogP contribution in [-0.4, -0.2) is 51.3 Å². The lowest BCUT2D eigenvalue weighted by atomic mass is 9.96. The van der Waals surface area contributed by atoms with Crippen LogP contribution in [0.4, 0.5) is 0 Å². The van der Waals surface area contributed by atoms with E-state index in [9.17, 15) is 0 Å². The van der Waals surface area contributed by atoms with Gasteiger partial charge in [-0.1, -0.05) is 5.92 Å². The highest BCUT2D eigenvalue weighted by Crippen LogP contribution is 2.26. The first-order chi connectivity index (χ1) is 7.65. The third-order valence-electron chi connectivity index (χ3n) is 2.91. The number of methoxy groups -OCH3 is 2. The van der Waals surface area contributed by atoms with Crippen LogP contribution < -0.4 is 0 Å². The molecule has 1 aliphatic rings. The Labute approximate surface area is 97.2 Å². The van der Waals surface area contributed by atoms with Gasteiger partial charge in [0.15, 0.2) is 0 Å². The summed E-state index contributed by atoms with van der Waals surface area (Å²) in [4.78, 5) is 0. The minimum atomic E-state index is -0.190. The number of ether oxygens (including phenoxy) is 4. The van der Waals surface area contributed by atoms with E-state index < -0.39 is 0 Å². The summed E-state index contributed by atoms with van der Waals surface area (Å²) in [6.07, 6.45) is 4.63. The van der Waals surface area contributed by atoms with Gasteiger partial charge in [-0.2, -0.15) is 0 Å². The van der Waals surface area contributed by atoms with E-state index in [1.54, 1.807) is 14.2 Å². The van der Waals surface area contributed by atoms with Gasteiger partial charge in [0.2, 0.25) is 0 Å². The molecule has 0 radical (unpaired) electrons. The van der Waals surface area contributed by atoms with Crippen molar-refractivity contribution in [1.82, 2.24) is 0 Å². The zero-order valence-electron chi connectivity index (χ0n) is 10.3. The molecule has 1 heterocycles. The predicted molar refractivity (Wildman–Crippen MR) is 60.2 cm³/mol.